The topological polar surface area (TPSA) is 80.1 Å². The van der Waals surface area contributed by atoms with Crippen LogP contribution in [0.25, 0.3) is 0 Å². The molecular weight excluding hydrogens is 196 g/mol. The number of aryl methyl sites for hydroxylation is 1. The number of hydrogen-bond donors (Lipinski definition) is 2. The molecule has 0 saturated carbocycles. The highest BCUT2D eigenvalue weighted by Crippen LogP contribution is 2.11. The van der Waals surface area contributed by atoms with Gasteiger partial charge in [-0.3, -0.25) is 10.1 Å². The summed E-state index contributed by atoms with van der Waals surface area (Å²) in [5.41, 5.74) is 1.83. The van der Waals surface area contributed by atoms with E-state index in [-0.39, 0.29) is 11.9 Å². The number of nitrogens with one attached hydrogen (secondary N) is 2. The van der Waals surface area contributed by atoms with Gasteiger partial charge >= 0.3 is 6.01 Å². The van der Waals surface area contributed by atoms with Crippen molar-refractivity contribution in [3.63, 3.8) is 0 Å². The van der Waals surface area contributed by atoms with Gasteiger partial charge in [-0.2, -0.15) is 0 Å². The molecule has 6 heteroatoms. The highest BCUT2D eigenvalue weighted by atomic mass is 16.4. The summed E-state index contributed by atoms with van der Waals surface area (Å²) in [6, 6.07) is 0.143. The maximum atomic E-state index is 11.6. The normalized spacial score (nSPS) is 14.7. The molecule has 0 aromatic carbocycles. The van der Waals surface area contributed by atoms with Crippen LogP contribution in [0, 0.1) is 6.92 Å². The van der Waals surface area contributed by atoms with Crippen molar-refractivity contribution < 1.29 is 9.21 Å². The molecule has 2 N–H and O–H groups in total. The zero-order chi connectivity index (χ0) is 10.8. The third-order valence-corrected chi connectivity index (χ3v) is 2.29. The van der Waals surface area contributed by atoms with E-state index in [1.807, 2.05) is 0 Å². The fourth-order valence-electron chi connectivity index (χ4n) is 1.21. The number of carbonyl (C=O) groups is 1. The average molecular weight is 208 g/mol. The molecule has 1 saturated heterocycles. The van der Waals surface area contributed by atoms with E-state index in [1.165, 1.54) is 0 Å². The number of rotatable bonds is 2. The molecule has 0 bridgehead atoms. The van der Waals surface area contributed by atoms with Gasteiger partial charge in [0.15, 0.2) is 0 Å². The van der Waals surface area contributed by atoms with Crippen molar-refractivity contribution in [2.75, 3.05) is 18.4 Å². The first kappa shape index (κ1) is 9.85. The Morgan fingerprint density at radius 3 is 2.67 bits per heavy atom. The SMILES string of the molecule is CC(C(=O)Nc1nnc(C)o1)=C1CNC1. The Bertz CT molecular complexity index is 416. The second-order valence-electron chi connectivity index (χ2n) is 3.41. The highest BCUT2D eigenvalue weighted by Gasteiger charge is 2.17. The molecule has 6 nitrogen and oxygen atoms in total. The minimum absolute atomic E-state index is 0.143. The van der Waals surface area contributed by atoms with Gasteiger partial charge in [0.25, 0.3) is 5.91 Å². The molecule has 0 radical (unpaired) electrons. The van der Waals surface area contributed by atoms with E-state index in [4.69, 9.17) is 4.42 Å². The van der Waals surface area contributed by atoms with Crippen molar-refractivity contribution in [3.05, 3.63) is 17.0 Å². The van der Waals surface area contributed by atoms with Crippen molar-refractivity contribution in [1.82, 2.24) is 15.5 Å². The molecule has 1 aliphatic heterocycles. The second kappa shape index (κ2) is 3.82. The Balaban J connectivity index is 2.03. The molecule has 1 aromatic rings. The summed E-state index contributed by atoms with van der Waals surface area (Å²) in [6.45, 7) is 5.02. The first-order valence-corrected chi connectivity index (χ1v) is 4.67. The number of carbonyl (C=O) groups excluding carboxylic acids is 1. The standard InChI is InChI=1S/C9H12N4O2/c1-5(7-3-10-4-7)8(14)11-9-13-12-6(2)15-9/h10H,3-4H2,1-2H3,(H,11,13,14). The van der Waals surface area contributed by atoms with Gasteiger partial charge in [-0.25, -0.2) is 0 Å². The largest absolute Gasteiger partial charge is 0.408 e. The summed E-state index contributed by atoms with van der Waals surface area (Å²) in [7, 11) is 0. The monoisotopic (exact) mass is 208 g/mol. The molecule has 0 unspecified atom stereocenters. The Morgan fingerprint density at radius 1 is 1.47 bits per heavy atom. The van der Waals surface area contributed by atoms with Gasteiger partial charge in [0.05, 0.1) is 0 Å². The zero-order valence-electron chi connectivity index (χ0n) is 8.63. The van der Waals surface area contributed by atoms with Crippen LogP contribution in [0.2, 0.25) is 0 Å². The van der Waals surface area contributed by atoms with Crippen LogP contribution in [0.15, 0.2) is 15.6 Å². The number of amides is 1. The predicted molar refractivity (Wildman–Crippen MR) is 53.2 cm³/mol. The van der Waals surface area contributed by atoms with Gasteiger partial charge in [-0.05, 0) is 12.5 Å². The molecule has 1 amide bonds. The smallest absolute Gasteiger partial charge is 0.322 e. The average Bonchev–Trinajstić information content (AvgIpc) is 2.48. The van der Waals surface area contributed by atoms with Crippen LogP contribution >= 0.6 is 0 Å². The summed E-state index contributed by atoms with van der Waals surface area (Å²) in [6.07, 6.45) is 0. The molecule has 1 aromatic heterocycles. The van der Waals surface area contributed by atoms with Crippen LogP contribution in [-0.4, -0.2) is 29.2 Å². The fraction of sp³-hybridized carbons (Fsp3) is 0.444. The molecule has 0 aliphatic carbocycles. The number of anilines is 1. The highest BCUT2D eigenvalue weighted by molar-refractivity contribution is 6.02. The number of hydrogen-bond acceptors (Lipinski definition) is 5. The van der Waals surface area contributed by atoms with Gasteiger partial charge < -0.3 is 9.73 Å². The lowest BCUT2D eigenvalue weighted by Gasteiger charge is -2.20. The number of aromatic nitrogens is 2. The molecule has 1 fully saturated rings. The minimum Gasteiger partial charge on any atom is -0.408 e. The maximum absolute atomic E-state index is 11.6. The lowest BCUT2D eigenvalue weighted by Crippen LogP contribution is -2.36. The quantitative estimate of drug-likeness (QED) is 0.680. The lowest BCUT2D eigenvalue weighted by atomic mass is 10.0. The zero-order valence-corrected chi connectivity index (χ0v) is 8.63. The predicted octanol–water partition coefficient (Wildman–Crippen LogP) is 0.236. The molecular formula is C9H12N4O2. The van der Waals surface area contributed by atoms with Crippen LogP contribution in [0.3, 0.4) is 0 Å². The van der Waals surface area contributed by atoms with Gasteiger partial charge in [0, 0.05) is 25.6 Å². The van der Waals surface area contributed by atoms with Crippen LogP contribution in [-0.2, 0) is 4.79 Å². The minimum atomic E-state index is -0.185. The first-order valence-electron chi connectivity index (χ1n) is 4.67. The molecule has 0 spiro atoms. The fourth-order valence-corrected chi connectivity index (χ4v) is 1.21. The molecule has 0 atom stereocenters. The Hall–Kier alpha value is -1.69. The Morgan fingerprint density at radius 2 is 2.20 bits per heavy atom. The Labute approximate surface area is 86.8 Å². The molecule has 2 heterocycles. The van der Waals surface area contributed by atoms with Crippen LogP contribution in [0.5, 0.6) is 0 Å². The lowest BCUT2D eigenvalue weighted by molar-refractivity contribution is -0.113. The summed E-state index contributed by atoms with van der Waals surface area (Å²) >= 11 is 0. The third-order valence-electron chi connectivity index (χ3n) is 2.29. The molecule has 15 heavy (non-hydrogen) atoms. The molecule has 1 aliphatic rings. The summed E-state index contributed by atoms with van der Waals surface area (Å²) in [5.74, 6) is 0.246. The van der Waals surface area contributed by atoms with Crippen LogP contribution < -0.4 is 10.6 Å². The van der Waals surface area contributed by atoms with Crippen molar-refractivity contribution in [2.45, 2.75) is 13.8 Å². The van der Waals surface area contributed by atoms with E-state index in [9.17, 15) is 4.79 Å². The second-order valence-corrected chi connectivity index (χ2v) is 3.41. The van der Waals surface area contributed by atoms with Gasteiger partial charge in [-0.15, -0.1) is 5.10 Å². The summed E-state index contributed by atoms with van der Waals surface area (Å²) in [5, 5.41) is 12.9. The van der Waals surface area contributed by atoms with Gasteiger partial charge in [-0.1, -0.05) is 5.10 Å². The van der Waals surface area contributed by atoms with Crippen LogP contribution in [0.1, 0.15) is 12.8 Å². The van der Waals surface area contributed by atoms with Crippen molar-refractivity contribution in [2.24, 2.45) is 0 Å². The van der Waals surface area contributed by atoms with E-state index in [0.717, 1.165) is 18.7 Å². The van der Waals surface area contributed by atoms with E-state index in [2.05, 4.69) is 20.8 Å². The van der Waals surface area contributed by atoms with Gasteiger partial charge in [0.2, 0.25) is 5.89 Å². The third kappa shape index (κ3) is 2.04. The maximum Gasteiger partial charge on any atom is 0.322 e. The molecule has 80 valence electrons. The van der Waals surface area contributed by atoms with Crippen molar-refractivity contribution >= 4 is 11.9 Å². The van der Waals surface area contributed by atoms with E-state index < -0.39 is 0 Å². The molecule has 2 rings (SSSR count). The van der Waals surface area contributed by atoms with E-state index in [1.54, 1.807) is 13.8 Å². The van der Waals surface area contributed by atoms with Crippen molar-refractivity contribution in [1.29, 1.82) is 0 Å². The number of nitrogens with zero attached hydrogens (tertiary/aromatic N) is 2. The van der Waals surface area contributed by atoms with Crippen molar-refractivity contribution in [3.8, 4) is 0 Å². The van der Waals surface area contributed by atoms with E-state index in [0.29, 0.717) is 11.5 Å². The van der Waals surface area contributed by atoms with E-state index >= 15 is 0 Å². The van der Waals surface area contributed by atoms with Gasteiger partial charge in [0.1, 0.15) is 0 Å². The summed E-state index contributed by atoms with van der Waals surface area (Å²) < 4.78 is 5.04. The van der Waals surface area contributed by atoms with Crippen LogP contribution in [0.4, 0.5) is 6.01 Å². The Kier molecular flexibility index (Phi) is 2.51. The first-order chi connectivity index (χ1) is 7.16. The summed E-state index contributed by atoms with van der Waals surface area (Å²) in [4.78, 5) is 11.6.